The van der Waals surface area contributed by atoms with Gasteiger partial charge in [-0.2, -0.15) is 0 Å². The van der Waals surface area contributed by atoms with Gasteiger partial charge in [-0.1, -0.05) is 19.1 Å². The SMILES string of the molecule is CCc1cccc(NS(=O)(=O)c2cc3c(cc2C)oc(=O)n3C)c1.[HH]. The second-order valence-electron chi connectivity index (χ2n) is 5.67. The highest BCUT2D eigenvalue weighted by atomic mass is 32.2. The number of oxazole rings is 1. The summed E-state index contributed by atoms with van der Waals surface area (Å²) in [7, 11) is -2.24. The lowest BCUT2D eigenvalue weighted by molar-refractivity contribution is 0.528. The molecule has 0 bridgehead atoms. The fourth-order valence-electron chi connectivity index (χ4n) is 2.61. The van der Waals surface area contributed by atoms with Crippen LogP contribution in [0.15, 0.2) is 50.5 Å². The number of aromatic nitrogens is 1. The Kier molecular flexibility index (Phi) is 3.96. The first kappa shape index (κ1) is 16.3. The molecule has 1 aromatic heterocycles. The average molecular weight is 348 g/mol. The van der Waals surface area contributed by atoms with Crippen LogP contribution in [0.5, 0.6) is 0 Å². The van der Waals surface area contributed by atoms with Gasteiger partial charge in [0.25, 0.3) is 10.0 Å². The van der Waals surface area contributed by atoms with Crippen LogP contribution in [-0.2, 0) is 23.5 Å². The van der Waals surface area contributed by atoms with Crippen molar-refractivity contribution in [1.82, 2.24) is 4.57 Å². The van der Waals surface area contributed by atoms with Crippen LogP contribution in [-0.4, -0.2) is 13.0 Å². The van der Waals surface area contributed by atoms with Gasteiger partial charge in [0.1, 0.15) is 0 Å². The number of nitrogens with one attached hydrogen (secondary N) is 1. The van der Waals surface area contributed by atoms with Crippen molar-refractivity contribution in [2.45, 2.75) is 25.2 Å². The molecule has 0 saturated heterocycles. The van der Waals surface area contributed by atoms with Gasteiger partial charge in [0.05, 0.1) is 10.4 Å². The first-order valence-corrected chi connectivity index (χ1v) is 9.02. The molecule has 128 valence electrons. The van der Waals surface area contributed by atoms with E-state index in [0.29, 0.717) is 22.4 Å². The van der Waals surface area contributed by atoms with Gasteiger partial charge in [-0.15, -0.1) is 0 Å². The molecular weight excluding hydrogens is 328 g/mol. The van der Waals surface area contributed by atoms with Crippen molar-refractivity contribution < 1.29 is 14.3 Å². The van der Waals surface area contributed by atoms with E-state index in [-0.39, 0.29) is 6.32 Å². The van der Waals surface area contributed by atoms with E-state index in [1.165, 1.54) is 17.7 Å². The highest BCUT2D eigenvalue weighted by Crippen LogP contribution is 2.25. The highest BCUT2D eigenvalue weighted by molar-refractivity contribution is 7.92. The zero-order chi connectivity index (χ0) is 17.5. The first-order chi connectivity index (χ1) is 11.3. The molecular formula is C17H20N2O4S. The quantitative estimate of drug-likeness (QED) is 0.786. The van der Waals surface area contributed by atoms with Crippen molar-refractivity contribution >= 4 is 26.8 Å². The number of aryl methyl sites for hydroxylation is 3. The Balaban J connectivity index is 0.00000225. The summed E-state index contributed by atoms with van der Waals surface area (Å²) >= 11 is 0. The van der Waals surface area contributed by atoms with Gasteiger partial charge in [-0.05, 0) is 48.7 Å². The van der Waals surface area contributed by atoms with Crippen molar-refractivity contribution in [3.63, 3.8) is 0 Å². The molecule has 1 heterocycles. The van der Waals surface area contributed by atoms with Gasteiger partial charge in [-0.3, -0.25) is 9.29 Å². The van der Waals surface area contributed by atoms with Crippen molar-refractivity contribution in [3.05, 3.63) is 58.1 Å². The number of fused-ring (bicyclic) bond motifs is 1. The molecule has 0 fully saturated rings. The van der Waals surface area contributed by atoms with E-state index < -0.39 is 15.8 Å². The minimum Gasteiger partial charge on any atom is -0.408 e. The second kappa shape index (κ2) is 5.83. The average Bonchev–Trinajstić information content (AvgIpc) is 2.80. The van der Waals surface area contributed by atoms with E-state index in [9.17, 15) is 13.2 Å². The van der Waals surface area contributed by atoms with Gasteiger partial charge >= 0.3 is 5.76 Å². The van der Waals surface area contributed by atoms with Crippen molar-refractivity contribution in [1.29, 1.82) is 0 Å². The van der Waals surface area contributed by atoms with E-state index in [1.807, 2.05) is 19.1 Å². The Labute approximate surface area is 141 Å². The second-order valence-corrected chi connectivity index (χ2v) is 7.32. The maximum atomic E-state index is 12.8. The van der Waals surface area contributed by atoms with E-state index in [4.69, 9.17) is 4.42 Å². The summed E-state index contributed by atoms with van der Waals surface area (Å²) in [5, 5.41) is 0. The lowest BCUT2D eigenvalue weighted by atomic mass is 10.1. The summed E-state index contributed by atoms with van der Waals surface area (Å²) in [5.74, 6) is -0.525. The van der Waals surface area contributed by atoms with Gasteiger partial charge in [0, 0.05) is 14.2 Å². The Hall–Kier alpha value is -2.54. The van der Waals surface area contributed by atoms with Crippen LogP contribution in [0.1, 0.15) is 19.5 Å². The zero-order valence-electron chi connectivity index (χ0n) is 13.7. The molecule has 2 aromatic carbocycles. The Morgan fingerprint density at radius 2 is 2.00 bits per heavy atom. The summed E-state index contributed by atoms with van der Waals surface area (Å²) in [6.45, 7) is 3.68. The smallest absolute Gasteiger partial charge is 0.408 e. The van der Waals surface area contributed by atoms with Gasteiger partial charge < -0.3 is 4.42 Å². The number of anilines is 1. The summed E-state index contributed by atoms with van der Waals surface area (Å²) < 4.78 is 34.5. The van der Waals surface area contributed by atoms with Crippen LogP contribution < -0.4 is 10.5 Å². The van der Waals surface area contributed by atoms with E-state index in [1.54, 1.807) is 25.1 Å². The standard InChI is InChI=1S/C17H18N2O4S.H2/c1-4-12-6-5-7-13(9-12)18-24(21,22)16-10-14-15(8-11(16)2)23-17(20)19(14)3;/h5-10,18H,4H2,1-3H3;1H. The molecule has 0 atom stereocenters. The van der Waals surface area contributed by atoms with Crippen molar-refractivity contribution in [3.8, 4) is 0 Å². The molecule has 0 aliphatic rings. The zero-order valence-corrected chi connectivity index (χ0v) is 14.5. The predicted octanol–water partition coefficient (Wildman–Crippen LogP) is 3.05. The minimum atomic E-state index is -3.77. The Morgan fingerprint density at radius 1 is 1.25 bits per heavy atom. The summed E-state index contributed by atoms with van der Waals surface area (Å²) in [6, 6.07) is 10.3. The van der Waals surface area contributed by atoms with Crippen molar-refractivity contribution in [2.75, 3.05) is 4.72 Å². The molecule has 1 N–H and O–H groups in total. The number of nitrogens with zero attached hydrogens (tertiary/aromatic N) is 1. The Morgan fingerprint density at radius 3 is 2.71 bits per heavy atom. The Bertz CT molecular complexity index is 1080. The van der Waals surface area contributed by atoms with Crippen LogP contribution in [0.3, 0.4) is 0 Å². The number of hydrogen-bond acceptors (Lipinski definition) is 4. The lowest BCUT2D eigenvalue weighted by Gasteiger charge is -2.11. The van der Waals surface area contributed by atoms with Crippen LogP contribution >= 0.6 is 0 Å². The van der Waals surface area contributed by atoms with Crippen LogP contribution in [0, 0.1) is 6.92 Å². The molecule has 24 heavy (non-hydrogen) atoms. The molecule has 0 radical (unpaired) electrons. The summed E-state index contributed by atoms with van der Waals surface area (Å²) in [6.07, 6.45) is 0.817. The molecule has 6 nitrogen and oxygen atoms in total. The maximum Gasteiger partial charge on any atom is 0.419 e. The van der Waals surface area contributed by atoms with Gasteiger partial charge in [0.2, 0.25) is 0 Å². The van der Waals surface area contributed by atoms with E-state index in [0.717, 1.165) is 12.0 Å². The molecule has 0 aliphatic heterocycles. The molecule has 0 saturated carbocycles. The normalized spacial score (nSPS) is 11.8. The van der Waals surface area contributed by atoms with E-state index >= 15 is 0 Å². The highest BCUT2D eigenvalue weighted by Gasteiger charge is 2.20. The van der Waals surface area contributed by atoms with E-state index in [2.05, 4.69) is 4.72 Å². The molecule has 0 amide bonds. The molecule has 3 aromatic rings. The van der Waals surface area contributed by atoms with Crippen molar-refractivity contribution in [2.24, 2.45) is 7.05 Å². The third-order valence-corrected chi connectivity index (χ3v) is 5.49. The predicted molar refractivity (Wildman–Crippen MR) is 94.9 cm³/mol. The topological polar surface area (TPSA) is 81.3 Å². The van der Waals surface area contributed by atoms with Gasteiger partial charge in [-0.25, -0.2) is 13.2 Å². The van der Waals surface area contributed by atoms with Crippen LogP contribution in [0.2, 0.25) is 0 Å². The molecule has 3 rings (SSSR count). The molecule has 0 spiro atoms. The number of rotatable bonds is 4. The lowest BCUT2D eigenvalue weighted by Crippen LogP contribution is -2.15. The number of benzene rings is 2. The third-order valence-electron chi connectivity index (χ3n) is 3.97. The number of hydrogen-bond donors (Lipinski definition) is 1. The third kappa shape index (κ3) is 2.82. The van der Waals surface area contributed by atoms with Crippen LogP contribution in [0.4, 0.5) is 5.69 Å². The molecule has 0 aliphatic carbocycles. The summed E-state index contributed by atoms with van der Waals surface area (Å²) in [4.78, 5) is 11.7. The largest absolute Gasteiger partial charge is 0.419 e. The number of sulfonamides is 1. The first-order valence-electron chi connectivity index (χ1n) is 7.54. The monoisotopic (exact) mass is 348 g/mol. The minimum absolute atomic E-state index is 0. The molecule has 0 unspecified atom stereocenters. The fraction of sp³-hybridized carbons (Fsp3) is 0.235. The molecule has 7 heteroatoms. The fourth-order valence-corrected chi connectivity index (χ4v) is 3.91. The van der Waals surface area contributed by atoms with Crippen LogP contribution in [0.25, 0.3) is 11.1 Å². The summed E-state index contributed by atoms with van der Waals surface area (Å²) in [5.41, 5.74) is 2.87. The van der Waals surface area contributed by atoms with Gasteiger partial charge in [0.15, 0.2) is 5.58 Å². The maximum absolute atomic E-state index is 12.8.